The molecule has 7 rings (SSSR count). The molecule has 35 heavy (non-hydrogen) atoms. The van der Waals surface area contributed by atoms with Crippen LogP contribution in [0.4, 0.5) is 0 Å². The van der Waals surface area contributed by atoms with E-state index >= 15 is 0 Å². The van der Waals surface area contributed by atoms with Crippen molar-refractivity contribution >= 4 is 44.8 Å². The minimum absolute atomic E-state index is 0.113. The molecule has 2 N–H and O–H groups in total. The SMILES string of the molecule is O=c1ccc2c(c1)oc1c(C3=Cc4ccccc4OC3)c3c(=O)[nH]n(C4CCCCCC4)c3[nH]c12. The number of furan rings is 1. The van der Waals surface area contributed by atoms with Gasteiger partial charge in [0.05, 0.1) is 16.9 Å². The van der Waals surface area contributed by atoms with Crippen molar-refractivity contribution in [2.24, 2.45) is 0 Å². The smallest absolute Gasteiger partial charge is 0.274 e. The Morgan fingerprint density at radius 3 is 2.66 bits per heavy atom. The lowest BCUT2D eigenvalue weighted by Crippen LogP contribution is -2.13. The first-order valence-electron chi connectivity index (χ1n) is 12.3. The van der Waals surface area contributed by atoms with E-state index in [1.54, 1.807) is 12.1 Å². The number of H-pyrrole nitrogens is 2. The lowest BCUT2D eigenvalue weighted by Gasteiger charge is -2.19. The number of nitrogens with zero attached hydrogens (tertiary/aromatic N) is 1. The summed E-state index contributed by atoms with van der Waals surface area (Å²) in [6.45, 7) is 0.323. The maximum Gasteiger partial charge on any atom is 0.274 e. The zero-order valence-electron chi connectivity index (χ0n) is 19.2. The number of aromatic amines is 2. The van der Waals surface area contributed by atoms with Gasteiger partial charge in [-0.3, -0.25) is 19.4 Å². The van der Waals surface area contributed by atoms with Crippen molar-refractivity contribution in [3.8, 4) is 5.75 Å². The molecular weight excluding hydrogens is 442 g/mol. The number of aromatic nitrogens is 3. The number of benzene rings is 2. The predicted octanol–water partition coefficient (Wildman–Crippen LogP) is 5.75. The number of rotatable bonds is 2. The third-order valence-corrected chi connectivity index (χ3v) is 7.45. The van der Waals surface area contributed by atoms with Crippen LogP contribution in [0.25, 0.3) is 44.8 Å². The average molecular weight is 468 g/mol. The van der Waals surface area contributed by atoms with Crippen molar-refractivity contribution in [2.45, 2.75) is 44.6 Å². The van der Waals surface area contributed by atoms with Gasteiger partial charge in [0.2, 0.25) is 0 Å². The summed E-state index contributed by atoms with van der Waals surface area (Å²) < 4.78 is 14.4. The van der Waals surface area contributed by atoms with Crippen molar-refractivity contribution in [3.63, 3.8) is 0 Å². The lowest BCUT2D eigenvalue weighted by molar-refractivity contribution is 0.366. The Labute approximate surface area is 200 Å². The van der Waals surface area contributed by atoms with Gasteiger partial charge >= 0.3 is 0 Å². The second-order valence-corrected chi connectivity index (χ2v) is 9.64. The second kappa shape index (κ2) is 7.77. The molecule has 2 aliphatic rings. The highest BCUT2D eigenvalue weighted by atomic mass is 16.5. The van der Waals surface area contributed by atoms with Crippen LogP contribution in [0.1, 0.15) is 55.7 Å². The van der Waals surface area contributed by atoms with Crippen LogP contribution >= 0.6 is 0 Å². The molecule has 7 nitrogen and oxygen atoms in total. The van der Waals surface area contributed by atoms with E-state index in [9.17, 15) is 9.59 Å². The molecule has 7 heteroatoms. The molecule has 0 bridgehead atoms. The molecule has 1 fully saturated rings. The molecule has 3 aromatic heterocycles. The molecule has 0 amide bonds. The summed E-state index contributed by atoms with van der Waals surface area (Å²) in [5, 5.41) is 4.53. The van der Waals surface area contributed by atoms with E-state index in [-0.39, 0.29) is 17.0 Å². The minimum Gasteiger partial charge on any atom is -0.488 e. The van der Waals surface area contributed by atoms with E-state index in [0.717, 1.165) is 64.7 Å². The van der Waals surface area contributed by atoms with Gasteiger partial charge < -0.3 is 14.1 Å². The molecule has 176 valence electrons. The topological polar surface area (TPSA) is 93.0 Å². The fraction of sp³-hybridized carbons (Fsp3) is 0.286. The van der Waals surface area contributed by atoms with Gasteiger partial charge in [-0.1, -0.05) is 43.9 Å². The average Bonchev–Trinajstić information content (AvgIpc) is 3.25. The summed E-state index contributed by atoms with van der Waals surface area (Å²) in [7, 11) is 0. The van der Waals surface area contributed by atoms with Crippen LogP contribution in [-0.4, -0.2) is 21.4 Å². The predicted molar refractivity (Wildman–Crippen MR) is 137 cm³/mol. The summed E-state index contributed by atoms with van der Waals surface area (Å²) in [5.41, 5.74) is 4.91. The largest absolute Gasteiger partial charge is 0.488 e. The normalized spacial score (nSPS) is 16.9. The molecule has 0 radical (unpaired) electrons. The molecule has 1 saturated carbocycles. The van der Waals surface area contributed by atoms with Gasteiger partial charge in [0.25, 0.3) is 5.56 Å². The van der Waals surface area contributed by atoms with Crippen molar-refractivity contribution in [2.75, 3.05) is 6.61 Å². The standard InChI is InChI=1S/C28H25N3O4/c32-19-11-12-20-22(14-19)35-26-23(17-13-16-7-5-6-10-21(16)34-15-17)24-27(29-25(20)26)31(30-28(24)33)18-8-3-1-2-4-9-18/h5-7,10-14,18,29H,1-4,8-9,15H2,(H,30,33). The zero-order chi connectivity index (χ0) is 23.5. The van der Waals surface area contributed by atoms with E-state index in [1.165, 1.54) is 18.9 Å². The molecule has 0 saturated heterocycles. The Morgan fingerprint density at radius 2 is 1.80 bits per heavy atom. The molecule has 2 aromatic carbocycles. The van der Waals surface area contributed by atoms with Crippen molar-refractivity contribution in [1.29, 1.82) is 0 Å². The number of para-hydroxylation sites is 1. The van der Waals surface area contributed by atoms with Crippen LogP contribution in [0.15, 0.2) is 56.5 Å². The molecule has 0 atom stereocenters. The van der Waals surface area contributed by atoms with Gasteiger partial charge in [-0.25, -0.2) is 0 Å². The number of hydrogen-bond donors (Lipinski definition) is 2. The minimum atomic E-state index is -0.151. The van der Waals surface area contributed by atoms with Gasteiger partial charge in [0, 0.05) is 28.2 Å². The monoisotopic (exact) mass is 467 g/mol. The molecule has 0 unspecified atom stereocenters. The number of fused-ring (bicyclic) bond motifs is 5. The fourth-order valence-electron chi connectivity index (χ4n) is 5.77. The summed E-state index contributed by atoms with van der Waals surface area (Å²) in [5.74, 6) is 0.816. The Balaban J connectivity index is 1.58. The quantitative estimate of drug-likeness (QED) is 0.324. The van der Waals surface area contributed by atoms with Gasteiger partial charge in [-0.2, -0.15) is 0 Å². The third kappa shape index (κ3) is 3.18. The fourth-order valence-corrected chi connectivity index (χ4v) is 5.77. The van der Waals surface area contributed by atoms with Crippen LogP contribution in [0, 0.1) is 0 Å². The highest BCUT2D eigenvalue weighted by molar-refractivity contribution is 6.13. The summed E-state index contributed by atoms with van der Waals surface area (Å²) in [6.07, 6.45) is 8.90. The van der Waals surface area contributed by atoms with E-state index in [2.05, 4.69) is 16.2 Å². The van der Waals surface area contributed by atoms with Gasteiger partial charge in [-0.15, -0.1) is 0 Å². The maximum atomic E-state index is 13.5. The number of ether oxygens (including phenoxy) is 1. The lowest BCUT2D eigenvalue weighted by atomic mass is 9.98. The maximum absolute atomic E-state index is 13.5. The summed E-state index contributed by atoms with van der Waals surface area (Å²) in [6, 6.07) is 12.9. The zero-order valence-corrected chi connectivity index (χ0v) is 19.2. The Morgan fingerprint density at radius 1 is 0.971 bits per heavy atom. The molecular formula is C28H25N3O4. The van der Waals surface area contributed by atoms with E-state index in [0.29, 0.717) is 23.2 Å². The molecule has 0 spiro atoms. The highest BCUT2D eigenvalue weighted by Gasteiger charge is 2.27. The first-order valence-corrected chi connectivity index (χ1v) is 12.3. The highest BCUT2D eigenvalue weighted by Crippen LogP contribution is 2.40. The van der Waals surface area contributed by atoms with Crippen LogP contribution in [-0.2, 0) is 0 Å². The number of nitrogens with one attached hydrogen (secondary N) is 2. The summed E-state index contributed by atoms with van der Waals surface area (Å²) in [4.78, 5) is 29.1. The second-order valence-electron chi connectivity index (χ2n) is 9.64. The van der Waals surface area contributed by atoms with Crippen molar-refractivity contribution < 1.29 is 9.15 Å². The van der Waals surface area contributed by atoms with Crippen LogP contribution in [0.2, 0.25) is 0 Å². The number of hydrogen-bond acceptors (Lipinski definition) is 4. The van der Waals surface area contributed by atoms with E-state index in [4.69, 9.17) is 9.15 Å². The van der Waals surface area contributed by atoms with Gasteiger partial charge in [0.15, 0.2) is 11.0 Å². The van der Waals surface area contributed by atoms with Gasteiger partial charge in [0.1, 0.15) is 23.6 Å². The third-order valence-electron chi connectivity index (χ3n) is 7.45. The Bertz CT molecular complexity index is 1760. The Hall–Kier alpha value is -4.00. The van der Waals surface area contributed by atoms with E-state index in [1.807, 2.05) is 28.9 Å². The van der Waals surface area contributed by atoms with Crippen LogP contribution in [0.5, 0.6) is 5.75 Å². The molecule has 1 aliphatic heterocycles. The van der Waals surface area contributed by atoms with Crippen LogP contribution in [0.3, 0.4) is 0 Å². The van der Waals surface area contributed by atoms with Crippen molar-refractivity contribution in [1.82, 2.24) is 14.8 Å². The number of pyridine rings is 1. The van der Waals surface area contributed by atoms with Crippen molar-refractivity contribution in [3.05, 3.63) is 74.2 Å². The van der Waals surface area contributed by atoms with E-state index < -0.39 is 0 Å². The van der Waals surface area contributed by atoms with Crippen LogP contribution < -0.4 is 15.7 Å². The Kier molecular flexibility index (Phi) is 4.52. The molecule has 4 heterocycles. The molecule has 5 aromatic rings. The molecule has 1 aliphatic carbocycles. The summed E-state index contributed by atoms with van der Waals surface area (Å²) >= 11 is 0. The first kappa shape index (κ1) is 20.4. The first-order chi connectivity index (χ1) is 17.2. The van der Waals surface area contributed by atoms with Gasteiger partial charge in [-0.05, 0) is 37.1 Å².